The van der Waals surface area contributed by atoms with Crippen molar-refractivity contribution in [2.45, 2.75) is 45.8 Å². The molecule has 0 aliphatic carbocycles. The zero-order valence-corrected chi connectivity index (χ0v) is 15.5. The standard InChI is InChI=1S/C18H23NO2S2/c1-5-6-14(20)9-16(21)19-15(10-23-18(19)22)17-12(3)7-11(2)8-13(17)4/h5,7-8,14-15,20H,1,6,9-10H2,2-4H3/t14-,15+/m1/s1. The predicted octanol–water partition coefficient (Wildman–Crippen LogP) is 3.84. The van der Waals surface area contributed by atoms with E-state index in [0.29, 0.717) is 10.7 Å². The number of aliphatic hydroxyl groups is 1. The van der Waals surface area contributed by atoms with Crippen molar-refractivity contribution >= 4 is 34.2 Å². The van der Waals surface area contributed by atoms with E-state index in [-0.39, 0.29) is 18.4 Å². The first-order valence-electron chi connectivity index (χ1n) is 7.70. The van der Waals surface area contributed by atoms with Crippen LogP contribution >= 0.6 is 24.0 Å². The first kappa shape index (κ1) is 18.2. The molecule has 0 bridgehead atoms. The molecule has 1 fully saturated rings. The van der Waals surface area contributed by atoms with Crippen LogP contribution in [0.15, 0.2) is 24.8 Å². The minimum Gasteiger partial charge on any atom is -0.392 e. The van der Waals surface area contributed by atoms with Crippen molar-refractivity contribution in [2.24, 2.45) is 0 Å². The fourth-order valence-electron chi connectivity index (χ4n) is 3.20. The molecule has 1 saturated heterocycles. The zero-order valence-electron chi connectivity index (χ0n) is 13.8. The number of carbonyl (C=O) groups excluding carboxylic acids is 1. The van der Waals surface area contributed by atoms with Crippen molar-refractivity contribution in [3.63, 3.8) is 0 Å². The molecule has 1 N–H and O–H groups in total. The van der Waals surface area contributed by atoms with Crippen LogP contribution in [0.25, 0.3) is 0 Å². The smallest absolute Gasteiger partial charge is 0.231 e. The number of thioether (sulfide) groups is 1. The molecule has 1 aromatic rings. The molecule has 23 heavy (non-hydrogen) atoms. The van der Waals surface area contributed by atoms with Crippen LogP contribution in [0.2, 0.25) is 0 Å². The number of hydrogen-bond donors (Lipinski definition) is 1. The van der Waals surface area contributed by atoms with Gasteiger partial charge in [-0.05, 0) is 43.9 Å². The van der Waals surface area contributed by atoms with E-state index < -0.39 is 6.10 Å². The molecule has 2 rings (SSSR count). The average Bonchev–Trinajstić information content (AvgIpc) is 2.79. The van der Waals surface area contributed by atoms with Crippen LogP contribution in [0, 0.1) is 20.8 Å². The second kappa shape index (κ2) is 7.60. The van der Waals surface area contributed by atoms with E-state index in [1.807, 2.05) is 0 Å². The maximum Gasteiger partial charge on any atom is 0.231 e. The number of amides is 1. The van der Waals surface area contributed by atoms with Gasteiger partial charge in [-0.25, -0.2) is 0 Å². The molecule has 0 spiro atoms. The fraction of sp³-hybridized carbons (Fsp3) is 0.444. The maximum absolute atomic E-state index is 12.6. The summed E-state index contributed by atoms with van der Waals surface area (Å²) in [4.78, 5) is 14.3. The van der Waals surface area contributed by atoms with Crippen LogP contribution in [-0.2, 0) is 4.79 Å². The summed E-state index contributed by atoms with van der Waals surface area (Å²) in [5.74, 6) is 0.658. The Kier molecular flexibility index (Phi) is 6.00. The van der Waals surface area contributed by atoms with Gasteiger partial charge < -0.3 is 5.11 Å². The van der Waals surface area contributed by atoms with Gasteiger partial charge in [0.25, 0.3) is 0 Å². The molecule has 1 heterocycles. The van der Waals surface area contributed by atoms with Crippen molar-refractivity contribution in [3.8, 4) is 0 Å². The van der Waals surface area contributed by atoms with E-state index >= 15 is 0 Å². The Morgan fingerprint density at radius 3 is 2.65 bits per heavy atom. The molecule has 0 radical (unpaired) electrons. The number of carbonyl (C=O) groups is 1. The number of benzene rings is 1. The summed E-state index contributed by atoms with van der Waals surface area (Å²) in [5, 5.41) is 9.90. The van der Waals surface area contributed by atoms with Crippen LogP contribution in [0.4, 0.5) is 0 Å². The Bertz CT molecular complexity index is 619. The number of rotatable bonds is 5. The Morgan fingerprint density at radius 1 is 1.48 bits per heavy atom. The highest BCUT2D eigenvalue weighted by molar-refractivity contribution is 8.23. The molecular weight excluding hydrogens is 326 g/mol. The van der Waals surface area contributed by atoms with E-state index in [4.69, 9.17) is 12.2 Å². The van der Waals surface area contributed by atoms with E-state index in [1.165, 1.54) is 34.0 Å². The summed E-state index contributed by atoms with van der Waals surface area (Å²) in [6.07, 6.45) is 1.41. The first-order chi connectivity index (χ1) is 10.8. The third-order valence-electron chi connectivity index (χ3n) is 4.06. The molecule has 1 aromatic carbocycles. The molecule has 0 saturated carbocycles. The first-order valence-corrected chi connectivity index (χ1v) is 9.10. The van der Waals surface area contributed by atoms with Crippen LogP contribution in [0.3, 0.4) is 0 Å². The molecule has 1 amide bonds. The summed E-state index contributed by atoms with van der Waals surface area (Å²) in [7, 11) is 0. The highest BCUT2D eigenvalue weighted by atomic mass is 32.2. The largest absolute Gasteiger partial charge is 0.392 e. The van der Waals surface area contributed by atoms with Crippen LogP contribution in [-0.4, -0.2) is 32.1 Å². The minimum atomic E-state index is -0.700. The third kappa shape index (κ3) is 4.03. The highest BCUT2D eigenvalue weighted by Gasteiger charge is 2.36. The monoisotopic (exact) mass is 349 g/mol. The van der Waals surface area contributed by atoms with Crippen molar-refractivity contribution in [2.75, 3.05) is 5.75 Å². The lowest BCUT2D eigenvalue weighted by Gasteiger charge is -2.27. The Morgan fingerprint density at radius 2 is 2.09 bits per heavy atom. The van der Waals surface area contributed by atoms with Gasteiger partial charge in [-0.1, -0.05) is 47.8 Å². The second-order valence-electron chi connectivity index (χ2n) is 6.05. The molecule has 124 valence electrons. The molecule has 0 unspecified atom stereocenters. The van der Waals surface area contributed by atoms with Crippen molar-refractivity contribution in [1.29, 1.82) is 0 Å². The normalized spacial score (nSPS) is 19.0. The van der Waals surface area contributed by atoms with Gasteiger partial charge in [-0.2, -0.15) is 0 Å². The van der Waals surface area contributed by atoms with E-state index in [2.05, 4.69) is 39.5 Å². The van der Waals surface area contributed by atoms with Gasteiger partial charge in [-0.3, -0.25) is 9.69 Å². The number of aryl methyl sites for hydroxylation is 3. The quantitative estimate of drug-likeness (QED) is 0.648. The SMILES string of the molecule is C=CC[C@@H](O)CC(=O)N1C(=S)SC[C@H]1c1c(C)cc(C)cc1C. The minimum absolute atomic E-state index is 0.0449. The van der Waals surface area contributed by atoms with Gasteiger partial charge in [0.05, 0.1) is 18.6 Å². The van der Waals surface area contributed by atoms with Gasteiger partial charge in [0.2, 0.25) is 5.91 Å². The van der Waals surface area contributed by atoms with Gasteiger partial charge >= 0.3 is 0 Å². The van der Waals surface area contributed by atoms with Crippen LogP contribution in [0.5, 0.6) is 0 Å². The number of nitrogens with zero attached hydrogens (tertiary/aromatic N) is 1. The Balaban J connectivity index is 2.30. The molecular formula is C18H23NO2S2. The van der Waals surface area contributed by atoms with Gasteiger partial charge in [-0.15, -0.1) is 6.58 Å². The lowest BCUT2D eigenvalue weighted by Crippen LogP contribution is -2.36. The topological polar surface area (TPSA) is 40.5 Å². The molecule has 5 heteroatoms. The highest BCUT2D eigenvalue weighted by Crippen LogP contribution is 2.39. The van der Waals surface area contributed by atoms with Gasteiger partial charge in [0.15, 0.2) is 0 Å². The summed E-state index contributed by atoms with van der Waals surface area (Å²) in [6, 6.07) is 4.24. The van der Waals surface area contributed by atoms with E-state index in [0.717, 1.165) is 5.75 Å². The van der Waals surface area contributed by atoms with Crippen molar-refractivity contribution < 1.29 is 9.90 Å². The van der Waals surface area contributed by atoms with Gasteiger partial charge in [0.1, 0.15) is 4.32 Å². The summed E-state index contributed by atoms with van der Waals surface area (Å²) in [6.45, 7) is 9.84. The molecule has 1 aliphatic heterocycles. The Labute approximate surface area is 147 Å². The van der Waals surface area contributed by atoms with Gasteiger partial charge in [0, 0.05) is 5.75 Å². The maximum atomic E-state index is 12.6. The lowest BCUT2D eigenvalue weighted by molar-refractivity contribution is -0.130. The lowest BCUT2D eigenvalue weighted by atomic mass is 9.94. The summed E-state index contributed by atoms with van der Waals surface area (Å²) >= 11 is 6.92. The molecule has 1 aliphatic rings. The summed E-state index contributed by atoms with van der Waals surface area (Å²) in [5.41, 5.74) is 4.76. The third-order valence-corrected chi connectivity index (χ3v) is 5.54. The fourth-order valence-corrected chi connectivity index (χ4v) is 4.62. The summed E-state index contributed by atoms with van der Waals surface area (Å²) < 4.78 is 0.602. The van der Waals surface area contributed by atoms with Crippen molar-refractivity contribution in [3.05, 3.63) is 47.0 Å². The van der Waals surface area contributed by atoms with E-state index in [1.54, 1.807) is 11.0 Å². The average molecular weight is 350 g/mol. The Hall–Kier alpha value is -1.17. The molecule has 2 atom stereocenters. The van der Waals surface area contributed by atoms with Crippen molar-refractivity contribution in [1.82, 2.24) is 4.90 Å². The van der Waals surface area contributed by atoms with Crippen LogP contribution in [0.1, 0.15) is 41.1 Å². The molecule has 3 nitrogen and oxygen atoms in total. The number of hydrogen-bond acceptors (Lipinski definition) is 4. The van der Waals surface area contributed by atoms with E-state index in [9.17, 15) is 9.90 Å². The number of thiocarbonyl (C=S) groups is 1. The van der Waals surface area contributed by atoms with Crippen LogP contribution < -0.4 is 0 Å². The predicted molar refractivity (Wildman–Crippen MR) is 101 cm³/mol. The molecule has 0 aromatic heterocycles. The number of aliphatic hydroxyl groups excluding tert-OH is 1. The second-order valence-corrected chi connectivity index (χ2v) is 7.70. The zero-order chi connectivity index (χ0) is 17.1.